The van der Waals surface area contributed by atoms with Gasteiger partial charge in [0.15, 0.2) is 0 Å². The van der Waals surface area contributed by atoms with Gasteiger partial charge in [-0.05, 0) is 70.2 Å². The summed E-state index contributed by atoms with van der Waals surface area (Å²) in [6.45, 7) is 13.6. The summed E-state index contributed by atoms with van der Waals surface area (Å²) in [4.78, 5) is 25.9. The minimum atomic E-state index is -0.522. The summed E-state index contributed by atoms with van der Waals surface area (Å²) in [5.41, 5.74) is 2.23. The van der Waals surface area contributed by atoms with Gasteiger partial charge in [0.1, 0.15) is 29.2 Å². The Labute approximate surface area is 206 Å². The standard InChI is InChI=1S/C25H30FN5O2.C2H6/c1-16-13-29(10-11-30(16)24(32)33-25(2,3)4)22-21-20(17-8-9-17)14-31(23(21)28-15-27-22)19-7-5-6-18(26)12-19;1-2/h5-7,12,14-17H,8-11,13H2,1-4H3;1-2H3. The van der Waals surface area contributed by atoms with Gasteiger partial charge in [0, 0.05) is 37.6 Å². The largest absolute Gasteiger partial charge is 0.444 e. The molecule has 0 spiro atoms. The van der Waals surface area contributed by atoms with Crippen LogP contribution in [0.25, 0.3) is 16.7 Å². The molecule has 1 unspecified atom stereocenters. The quantitative estimate of drug-likeness (QED) is 0.465. The molecule has 7 nitrogen and oxygen atoms in total. The van der Waals surface area contributed by atoms with Crippen LogP contribution < -0.4 is 4.90 Å². The summed E-state index contributed by atoms with van der Waals surface area (Å²) >= 11 is 0. The van der Waals surface area contributed by atoms with E-state index in [-0.39, 0.29) is 18.0 Å². The van der Waals surface area contributed by atoms with Crippen LogP contribution in [0.2, 0.25) is 0 Å². The van der Waals surface area contributed by atoms with Gasteiger partial charge in [-0.2, -0.15) is 0 Å². The van der Waals surface area contributed by atoms with Crippen molar-refractivity contribution in [2.75, 3.05) is 24.5 Å². The van der Waals surface area contributed by atoms with Crippen LogP contribution in [0, 0.1) is 5.82 Å². The van der Waals surface area contributed by atoms with E-state index in [1.165, 1.54) is 17.7 Å². The summed E-state index contributed by atoms with van der Waals surface area (Å²) in [6, 6.07) is 6.56. The van der Waals surface area contributed by atoms with Gasteiger partial charge in [0.05, 0.1) is 5.39 Å². The number of ether oxygens (including phenoxy) is 1. The number of benzene rings is 1. The normalized spacial score (nSPS) is 18.3. The van der Waals surface area contributed by atoms with E-state index < -0.39 is 5.60 Å². The van der Waals surface area contributed by atoms with Crippen molar-refractivity contribution in [1.82, 2.24) is 19.4 Å². The molecule has 1 amide bonds. The van der Waals surface area contributed by atoms with Crippen molar-refractivity contribution >= 4 is 22.9 Å². The van der Waals surface area contributed by atoms with Gasteiger partial charge >= 0.3 is 6.09 Å². The fraction of sp³-hybridized carbons (Fsp3) is 0.519. The van der Waals surface area contributed by atoms with Gasteiger partial charge in [-0.25, -0.2) is 19.2 Å². The SMILES string of the molecule is CC.CC1CN(c2ncnc3c2c(C2CC2)cn3-c2cccc(F)c2)CCN1C(=O)OC(C)(C)C. The molecule has 0 bridgehead atoms. The minimum Gasteiger partial charge on any atom is -0.444 e. The molecule has 2 fully saturated rings. The van der Waals surface area contributed by atoms with Crippen LogP contribution in [0.5, 0.6) is 0 Å². The molecular formula is C27H36FN5O2. The summed E-state index contributed by atoms with van der Waals surface area (Å²) in [5, 5.41) is 1.03. The van der Waals surface area contributed by atoms with Crippen LogP contribution >= 0.6 is 0 Å². The third kappa shape index (κ3) is 5.26. The molecule has 0 N–H and O–H groups in total. The van der Waals surface area contributed by atoms with Crippen molar-refractivity contribution in [2.45, 2.75) is 71.9 Å². The summed E-state index contributed by atoms with van der Waals surface area (Å²) in [5.74, 6) is 1.09. The van der Waals surface area contributed by atoms with Gasteiger partial charge < -0.3 is 19.1 Å². The van der Waals surface area contributed by atoms with E-state index in [0.717, 1.165) is 35.4 Å². The molecular weight excluding hydrogens is 445 g/mol. The maximum atomic E-state index is 14.0. The van der Waals surface area contributed by atoms with Gasteiger partial charge in [-0.15, -0.1) is 0 Å². The Morgan fingerprint density at radius 3 is 2.51 bits per heavy atom. The molecule has 1 aliphatic heterocycles. The van der Waals surface area contributed by atoms with E-state index in [9.17, 15) is 9.18 Å². The fourth-order valence-electron chi connectivity index (χ4n) is 4.58. The van der Waals surface area contributed by atoms with Gasteiger partial charge in [-0.3, -0.25) is 0 Å². The average molecular weight is 482 g/mol. The number of hydrogen-bond acceptors (Lipinski definition) is 5. The van der Waals surface area contributed by atoms with Crippen molar-refractivity contribution in [3.8, 4) is 5.69 Å². The lowest BCUT2D eigenvalue weighted by atomic mass is 10.1. The Hall–Kier alpha value is -3.16. The molecule has 2 aromatic heterocycles. The van der Waals surface area contributed by atoms with E-state index in [0.29, 0.717) is 25.6 Å². The van der Waals surface area contributed by atoms with Crippen molar-refractivity contribution in [2.24, 2.45) is 0 Å². The molecule has 8 heteroatoms. The van der Waals surface area contributed by atoms with Crippen LogP contribution in [0.3, 0.4) is 0 Å². The minimum absolute atomic E-state index is 0.0201. The van der Waals surface area contributed by atoms with Crippen LogP contribution in [0.15, 0.2) is 36.8 Å². The molecule has 1 aromatic carbocycles. The van der Waals surface area contributed by atoms with Crippen LogP contribution in [0.4, 0.5) is 15.0 Å². The molecule has 3 heterocycles. The van der Waals surface area contributed by atoms with Crippen LogP contribution in [0.1, 0.15) is 65.9 Å². The number of aromatic nitrogens is 3. The van der Waals surface area contributed by atoms with Crippen LogP contribution in [-0.2, 0) is 4.74 Å². The van der Waals surface area contributed by atoms with E-state index in [1.807, 2.05) is 52.2 Å². The molecule has 35 heavy (non-hydrogen) atoms. The number of nitrogens with zero attached hydrogens (tertiary/aromatic N) is 5. The molecule has 1 saturated carbocycles. The van der Waals surface area contributed by atoms with Crippen molar-refractivity contribution in [3.63, 3.8) is 0 Å². The molecule has 2 aliphatic rings. The Bertz CT molecular complexity index is 1200. The Morgan fingerprint density at radius 1 is 1.14 bits per heavy atom. The average Bonchev–Trinajstić information content (AvgIpc) is 3.58. The molecule has 1 saturated heterocycles. The van der Waals surface area contributed by atoms with Gasteiger partial charge in [0.2, 0.25) is 0 Å². The monoisotopic (exact) mass is 481 g/mol. The third-order valence-electron chi connectivity index (χ3n) is 6.25. The number of carbonyl (C=O) groups is 1. The second-order valence-electron chi connectivity index (χ2n) is 10.1. The Balaban J connectivity index is 0.00000141. The van der Waals surface area contributed by atoms with Crippen molar-refractivity contribution < 1.29 is 13.9 Å². The molecule has 3 aromatic rings. The molecule has 5 rings (SSSR count). The maximum absolute atomic E-state index is 14.0. The summed E-state index contributed by atoms with van der Waals surface area (Å²) in [6.07, 6.45) is 5.67. The zero-order valence-electron chi connectivity index (χ0n) is 21.6. The summed E-state index contributed by atoms with van der Waals surface area (Å²) < 4.78 is 21.5. The third-order valence-corrected chi connectivity index (χ3v) is 6.25. The first-order chi connectivity index (χ1) is 16.7. The van der Waals surface area contributed by atoms with E-state index in [4.69, 9.17) is 4.74 Å². The van der Waals surface area contributed by atoms with Crippen LogP contribution in [-0.4, -0.2) is 56.8 Å². The zero-order valence-corrected chi connectivity index (χ0v) is 21.6. The predicted molar refractivity (Wildman–Crippen MR) is 137 cm³/mol. The number of rotatable bonds is 3. The topological polar surface area (TPSA) is 63.5 Å². The Morgan fingerprint density at radius 2 is 1.89 bits per heavy atom. The lowest BCUT2D eigenvalue weighted by Crippen LogP contribution is -2.55. The number of halogens is 1. The maximum Gasteiger partial charge on any atom is 0.410 e. The van der Waals surface area contributed by atoms with E-state index >= 15 is 0 Å². The summed E-state index contributed by atoms with van der Waals surface area (Å²) in [7, 11) is 0. The number of amides is 1. The van der Waals surface area contributed by atoms with Gasteiger partial charge in [0.25, 0.3) is 0 Å². The first-order valence-electron chi connectivity index (χ1n) is 12.6. The van der Waals surface area contributed by atoms with Crippen molar-refractivity contribution in [3.05, 3.63) is 48.2 Å². The number of carbonyl (C=O) groups excluding carboxylic acids is 1. The molecule has 0 radical (unpaired) electrons. The predicted octanol–water partition coefficient (Wildman–Crippen LogP) is 5.91. The lowest BCUT2D eigenvalue weighted by molar-refractivity contribution is 0.0159. The van der Waals surface area contributed by atoms with Crippen molar-refractivity contribution in [1.29, 1.82) is 0 Å². The highest BCUT2D eigenvalue weighted by atomic mass is 19.1. The molecule has 1 aliphatic carbocycles. The van der Waals surface area contributed by atoms with E-state index in [2.05, 4.69) is 21.1 Å². The highest BCUT2D eigenvalue weighted by Crippen LogP contribution is 2.46. The number of fused-ring (bicyclic) bond motifs is 1. The zero-order chi connectivity index (χ0) is 25.3. The smallest absolute Gasteiger partial charge is 0.410 e. The van der Waals surface area contributed by atoms with Gasteiger partial charge in [-0.1, -0.05) is 19.9 Å². The second-order valence-corrected chi connectivity index (χ2v) is 10.1. The molecule has 188 valence electrons. The van der Waals surface area contributed by atoms with E-state index in [1.54, 1.807) is 17.3 Å². The number of hydrogen-bond donors (Lipinski definition) is 0. The molecule has 1 atom stereocenters. The lowest BCUT2D eigenvalue weighted by Gasteiger charge is -2.40. The first-order valence-corrected chi connectivity index (χ1v) is 12.6. The first kappa shape index (κ1) is 24.9. The second kappa shape index (κ2) is 9.84. The number of piperazine rings is 1. The highest BCUT2D eigenvalue weighted by molar-refractivity contribution is 5.93. The highest BCUT2D eigenvalue weighted by Gasteiger charge is 2.34. The fourth-order valence-corrected chi connectivity index (χ4v) is 4.58. The number of anilines is 1. The Kier molecular flexibility index (Phi) is 7.01.